The molecule has 0 saturated carbocycles. The van der Waals surface area contributed by atoms with Crippen molar-refractivity contribution in [3.63, 3.8) is 0 Å². The second kappa shape index (κ2) is 10.0. The van der Waals surface area contributed by atoms with Crippen LogP contribution in [0.5, 0.6) is 5.88 Å². The number of carbonyl (C=O) groups excluding carboxylic acids is 1. The third-order valence-electron chi connectivity index (χ3n) is 5.69. The van der Waals surface area contributed by atoms with Crippen LogP contribution in [-0.2, 0) is 17.1 Å². The maximum absolute atomic E-state index is 13.3. The number of imidazole rings is 1. The van der Waals surface area contributed by atoms with Crippen LogP contribution in [0.2, 0.25) is 0 Å². The van der Waals surface area contributed by atoms with Gasteiger partial charge in [-0.05, 0) is 25.5 Å². The summed E-state index contributed by atoms with van der Waals surface area (Å²) in [5.74, 6) is -0.386. The van der Waals surface area contributed by atoms with Gasteiger partial charge >= 0.3 is 0 Å². The van der Waals surface area contributed by atoms with Crippen LogP contribution in [0.25, 0.3) is 6.08 Å². The molecule has 0 unspecified atom stereocenters. The first kappa shape index (κ1) is 24.9. The third-order valence-corrected chi connectivity index (χ3v) is 7.40. The monoisotopic (exact) mass is 477 g/mol. The Labute approximate surface area is 194 Å². The summed E-state index contributed by atoms with van der Waals surface area (Å²) in [5, 5.41) is 9.69. The minimum Gasteiger partial charge on any atom is -0.472 e. The predicted molar refractivity (Wildman–Crippen MR) is 123 cm³/mol. The van der Waals surface area contributed by atoms with Crippen LogP contribution in [0.1, 0.15) is 36.7 Å². The number of aryl methyl sites for hydroxylation is 1. The van der Waals surface area contributed by atoms with E-state index in [0.29, 0.717) is 0 Å². The van der Waals surface area contributed by atoms with Gasteiger partial charge in [-0.3, -0.25) is 4.79 Å². The lowest BCUT2D eigenvalue weighted by Crippen LogP contribution is -2.50. The van der Waals surface area contributed by atoms with Crippen molar-refractivity contribution in [2.45, 2.75) is 37.9 Å². The number of hydrogen-bond donors (Lipinski definition) is 1. The van der Waals surface area contributed by atoms with Gasteiger partial charge in [0.15, 0.2) is 5.03 Å². The Morgan fingerprint density at radius 2 is 2.12 bits per heavy atom. The van der Waals surface area contributed by atoms with Gasteiger partial charge in [0.25, 0.3) is 15.9 Å². The summed E-state index contributed by atoms with van der Waals surface area (Å²) in [6.07, 6.45) is 7.55. The number of rotatable bonds is 7. The third kappa shape index (κ3) is 5.26. The Hall–Kier alpha value is -2.76. The second-order valence-electron chi connectivity index (χ2n) is 8.41. The fraction of sp³-hybridized carbons (Fsp3) is 0.500. The molecule has 2 aromatic heterocycles. The van der Waals surface area contributed by atoms with E-state index in [0.717, 1.165) is 5.56 Å². The Bertz CT molecular complexity index is 1130. The highest BCUT2D eigenvalue weighted by Crippen LogP contribution is 2.28. The van der Waals surface area contributed by atoms with Crippen LogP contribution in [0.4, 0.5) is 0 Å². The molecule has 2 aromatic rings. The normalized spacial score (nSPS) is 20.5. The molecule has 10 nitrogen and oxygen atoms in total. The van der Waals surface area contributed by atoms with Crippen LogP contribution < -0.4 is 4.74 Å². The number of likely N-dealkylation sites (N-methyl/N-ethyl adjacent to an activating group) is 1. The average Bonchev–Trinajstić information content (AvgIpc) is 3.23. The molecule has 0 spiro atoms. The van der Waals surface area contributed by atoms with Gasteiger partial charge < -0.3 is 19.3 Å². The molecule has 0 aromatic carbocycles. The number of carbonyl (C=O) groups is 1. The Morgan fingerprint density at radius 3 is 2.73 bits per heavy atom. The fourth-order valence-corrected chi connectivity index (χ4v) is 4.80. The van der Waals surface area contributed by atoms with Gasteiger partial charge in [-0.2, -0.15) is 4.31 Å². The maximum atomic E-state index is 13.3. The van der Waals surface area contributed by atoms with Crippen molar-refractivity contribution in [2.75, 3.05) is 26.7 Å². The molecular weight excluding hydrogens is 446 g/mol. The van der Waals surface area contributed by atoms with Crippen molar-refractivity contribution in [1.29, 1.82) is 0 Å². The van der Waals surface area contributed by atoms with E-state index < -0.39 is 22.2 Å². The number of aliphatic hydroxyl groups is 1. The van der Waals surface area contributed by atoms with Gasteiger partial charge in [0, 0.05) is 39.0 Å². The Balaban J connectivity index is 1.97. The molecule has 3 heterocycles. The van der Waals surface area contributed by atoms with Crippen LogP contribution in [0.3, 0.4) is 0 Å². The van der Waals surface area contributed by atoms with Gasteiger partial charge in [-0.1, -0.05) is 19.1 Å². The van der Waals surface area contributed by atoms with E-state index in [1.807, 2.05) is 26.0 Å². The summed E-state index contributed by atoms with van der Waals surface area (Å²) < 4.78 is 34.9. The van der Waals surface area contributed by atoms with Gasteiger partial charge in [-0.15, -0.1) is 0 Å². The lowest BCUT2D eigenvalue weighted by atomic mass is 10.00. The van der Waals surface area contributed by atoms with Crippen molar-refractivity contribution >= 4 is 22.0 Å². The fourth-order valence-electron chi connectivity index (χ4n) is 3.65. The molecule has 0 saturated heterocycles. The zero-order valence-electron chi connectivity index (χ0n) is 19.5. The number of fused-ring (bicyclic) bond motifs is 1. The van der Waals surface area contributed by atoms with E-state index in [1.54, 1.807) is 35.7 Å². The molecular formula is C22H31N5O5S. The summed E-state index contributed by atoms with van der Waals surface area (Å²) in [5.41, 5.74) is 1.02. The second-order valence-corrected chi connectivity index (χ2v) is 10.4. The molecule has 0 radical (unpaired) electrons. The van der Waals surface area contributed by atoms with Crippen molar-refractivity contribution in [1.82, 2.24) is 23.7 Å². The van der Waals surface area contributed by atoms with Crippen molar-refractivity contribution in [3.8, 4) is 5.88 Å². The minimum absolute atomic E-state index is 0.0351. The van der Waals surface area contributed by atoms with Crippen molar-refractivity contribution in [3.05, 3.63) is 42.0 Å². The van der Waals surface area contributed by atoms with E-state index in [1.165, 1.54) is 23.9 Å². The highest BCUT2D eigenvalue weighted by Gasteiger charge is 2.36. The summed E-state index contributed by atoms with van der Waals surface area (Å²) in [6.45, 7) is 5.64. The first-order valence-electron chi connectivity index (χ1n) is 10.7. The summed E-state index contributed by atoms with van der Waals surface area (Å²) in [6, 6.07) is 1.27. The molecule has 1 aliphatic heterocycles. The SMILES string of the molecule is CC=Cc1cnc2c(c1)C(=O)N([C@@H](C)CO)C[C@H](C)[C@@H](CN(C)S(=O)(=O)c1cn(C)cn1)O2. The lowest BCUT2D eigenvalue weighted by molar-refractivity contribution is 0.0373. The van der Waals surface area contributed by atoms with Crippen LogP contribution in [0, 0.1) is 5.92 Å². The number of sulfonamides is 1. The molecule has 1 aliphatic rings. The predicted octanol–water partition coefficient (Wildman–Crippen LogP) is 1.39. The minimum atomic E-state index is -3.83. The van der Waals surface area contributed by atoms with E-state index in [9.17, 15) is 18.3 Å². The Morgan fingerprint density at radius 1 is 1.39 bits per heavy atom. The number of pyridine rings is 1. The number of hydrogen-bond acceptors (Lipinski definition) is 7. The number of amides is 1. The number of nitrogens with zero attached hydrogens (tertiary/aromatic N) is 5. The first-order valence-corrected chi connectivity index (χ1v) is 12.2. The zero-order chi connectivity index (χ0) is 24.3. The topological polar surface area (TPSA) is 118 Å². The molecule has 3 atom stereocenters. The number of ether oxygens (including phenoxy) is 1. The standard InChI is InChI=1S/C22H31N5O5S/c1-6-7-17-8-18-21(23-9-17)32-19(15(2)10-27(22(18)29)16(3)13-28)11-26(5)33(30,31)20-12-25(4)14-24-20/h6-9,12,14-16,19,28H,10-11,13H2,1-5H3/t15-,16-,19+/m0/s1. The van der Waals surface area contributed by atoms with Crippen LogP contribution in [-0.4, -0.2) is 82.1 Å². The summed E-state index contributed by atoms with van der Waals surface area (Å²) in [4.78, 5) is 23.2. The molecule has 1 amide bonds. The van der Waals surface area contributed by atoms with E-state index in [4.69, 9.17) is 4.74 Å². The number of aromatic nitrogens is 3. The first-order chi connectivity index (χ1) is 15.6. The molecule has 1 N–H and O–H groups in total. The maximum Gasteiger partial charge on any atom is 0.261 e. The Kier molecular flexibility index (Phi) is 7.55. The largest absolute Gasteiger partial charge is 0.472 e. The summed E-state index contributed by atoms with van der Waals surface area (Å²) in [7, 11) is -0.655. The molecule has 0 fully saturated rings. The van der Waals surface area contributed by atoms with E-state index in [-0.39, 0.29) is 48.0 Å². The molecule has 180 valence electrons. The molecule has 0 bridgehead atoms. The van der Waals surface area contributed by atoms with Gasteiger partial charge in [0.05, 0.1) is 25.5 Å². The average molecular weight is 478 g/mol. The van der Waals surface area contributed by atoms with Gasteiger partial charge in [0.1, 0.15) is 11.7 Å². The van der Waals surface area contributed by atoms with Crippen LogP contribution >= 0.6 is 0 Å². The summed E-state index contributed by atoms with van der Waals surface area (Å²) >= 11 is 0. The van der Waals surface area contributed by atoms with Gasteiger partial charge in [-0.25, -0.2) is 18.4 Å². The van der Waals surface area contributed by atoms with Crippen molar-refractivity contribution in [2.24, 2.45) is 13.0 Å². The van der Waals surface area contributed by atoms with E-state index >= 15 is 0 Å². The smallest absolute Gasteiger partial charge is 0.261 e. The number of allylic oxidation sites excluding steroid dienone is 1. The number of aliphatic hydroxyl groups excluding tert-OH is 1. The molecule has 11 heteroatoms. The molecule has 3 rings (SSSR count). The van der Waals surface area contributed by atoms with Gasteiger partial charge in [0.2, 0.25) is 5.88 Å². The lowest BCUT2D eigenvalue weighted by Gasteiger charge is -2.37. The highest BCUT2D eigenvalue weighted by atomic mass is 32.2. The quantitative estimate of drug-likeness (QED) is 0.640. The van der Waals surface area contributed by atoms with Crippen molar-refractivity contribution < 1.29 is 23.1 Å². The molecule has 33 heavy (non-hydrogen) atoms. The molecule has 0 aliphatic carbocycles. The zero-order valence-corrected chi connectivity index (χ0v) is 20.4. The highest BCUT2D eigenvalue weighted by molar-refractivity contribution is 7.89. The van der Waals surface area contributed by atoms with E-state index in [2.05, 4.69) is 9.97 Å². The van der Waals surface area contributed by atoms with Crippen LogP contribution in [0.15, 0.2) is 35.9 Å².